The van der Waals surface area contributed by atoms with Gasteiger partial charge >= 0.3 is 0 Å². The topological polar surface area (TPSA) is 104 Å². The second kappa shape index (κ2) is 6.84. The third kappa shape index (κ3) is 3.18. The Kier molecular flexibility index (Phi) is 4.15. The summed E-state index contributed by atoms with van der Waals surface area (Å²) >= 11 is 0. The van der Waals surface area contributed by atoms with E-state index in [2.05, 4.69) is 30.5 Å². The molecular formula is C20H22N8O. The molecule has 4 aromatic rings. The molecule has 1 amide bonds. The molecule has 1 aliphatic rings. The summed E-state index contributed by atoms with van der Waals surface area (Å²) in [4.78, 5) is 25.8. The Morgan fingerprint density at radius 1 is 1.24 bits per heavy atom. The van der Waals surface area contributed by atoms with E-state index >= 15 is 0 Å². The number of piperidine rings is 1. The molecule has 5 rings (SSSR count). The van der Waals surface area contributed by atoms with Gasteiger partial charge in [-0.1, -0.05) is 0 Å². The lowest BCUT2D eigenvalue weighted by molar-refractivity contribution is -0.129. The minimum atomic E-state index is 0.139. The van der Waals surface area contributed by atoms with Crippen LogP contribution >= 0.6 is 0 Å². The lowest BCUT2D eigenvalue weighted by Crippen LogP contribution is -2.41. The molecule has 1 aliphatic heterocycles. The van der Waals surface area contributed by atoms with E-state index in [1.54, 1.807) is 6.92 Å². The fourth-order valence-corrected chi connectivity index (χ4v) is 3.90. The maximum Gasteiger partial charge on any atom is 0.224 e. The quantitative estimate of drug-likeness (QED) is 0.557. The Balaban J connectivity index is 1.38. The van der Waals surface area contributed by atoms with Gasteiger partial charge in [-0.25, -0.2) is 4.98 Å². The molecule has 0 atom stereocenters. The lowest BCUT2D eigenvalue weighted by atomic mass is 10.1. The number of likely N-dealkylation sites (tertiary alicyclic amines) is 1. The molecule has 0 aromatic carbocycles. The van der Waals surface area contributed by atoms with Gasteiger partial charge in [0.15, 0.2) is 5.65 Å². The number of aromatic amines is 1. The Labute approximate surface area is 167 Å². The van der Waals surface area contributed by atoms with Gasteiger partial charge in [-0.2, -0.15) is 4.98 Å². The highest BCUT2D eigenvalue weighted by Crippen LogP contribution is 2.28. The number of H-pyrrole nitrogens is 1. The fraction of sp³-hybridized carbons (Fsp3) is 0.350. The third-order valence-corrected chi connectivity index (χ3v) is 5.59. The van der Waals surface area contributed by atoms with Crippen LogP contribution in [0.5, 0.6) is 0 Å². The van der Waals surface area contributed by atoms with Crippen molar-refractivity contribution < 1.29 is 4.79 Å². The van der Waals surface area contributed by atoms with Crippen LogP contribution in [0, 0.1) is 6.92 Å². The number of fused-ring (bicyclic) bond motifs is 2. The van der Waals surface area contributed by atoms with Crippen LogP contribution in [-0.4, -0.2) is 59.5 Å². The molecule has 1 saturated heterocycles. The average molecular weight is 390 g/mol. The predicted molar refractivity (Wildman–Crippen MR) is 110 cm³/mol. The summed E-state index contributed by atoms with van der Waals surface area (Å²) in [6, 6.07) is 4.26. The van der Waals surface area contributed by atoms with Crippen LogP contribution in [0.4, 0.5) is 5.95 Å². The first-order valence-corrected chi connectivity index (χ1v) is 9.76. The van der Waals surface area contributed by atoms with Crippen molar-refractivity contribution in [1.82, 2.24) is 34.4 Å². The fourth-order valence-electron chi connectivity index (χ4n) is 3.90. The molecule has 2 N–H and O–H groups in total. The summed E-state index contributed by atoms with van der Waals surface area (Å²) in [6.45, 7) is 5.09. The number of nitrogens with zero attached hydrogens (tertiary/aromatic N) is 6. The van der Waals surface area contributed by atoms with E-state index in [0.29, 0.717) is 5.95 Å². The highest BCUT2D eigenvalue weighted by Gasteiger charge is 2.21. The van der Waals surface area contributed by atoms with E-state index in [1.165, 1.54) is 0 Å². The molecule has 4 aromatic heterocycles. The highest BCUT2D eigenvalue weighted by atomic mass is 16.2. The zero-order chi connectivity index (χ0) is 20.0. The first-order chi connectivity index (χ1) is 14.1. The molecule has 9 heteroatoms. The number of pyridine rings is 1. The molecule has 0 radical (unpaired) electrons. The van der Waals surface area contributed by atoms with Crippen molar-refractivity contribution in [3.63, 3.8) is 0 Å². The smallest absolute Gasteiger partial charge is 0.224 e. The van der Waals surface area contributed by atoms with Gasteiger partial charge in [-0.15, -0.1) is 10.2 Å². The van der Waals surface area contributed by atoms with E-state index in [1.807, 2.05) is 46.9 Å². The van der Waals surface area contributed by atoms with Crippen molar-refractivity contribution in [2.24, 2.45) is 0 Å². The van der Waals surface area contributed by atoms with Crippen molar-refractivity contribution in [3.05, 3.63) is 36.5 Å². The number of rotatable bonds is 3. The number of hydrogen-bond acceptors (Lipinski definition) is 6. The van der Waals surface area contributed by atoms with Crippen LogP contribution in [-0.2, 0) is 4.79 Å². The summed E-state index contributed by atoms with van der Waals surface area (Å²) in [5, 5.41) is 12.6. The van der Waals surface area contributed by atoms with Crippen LogP contribution in [0.2, 0.25) is 0 Å². The van der Waals surface area contributed by atoms with Crippen LogP contribution in [0.1, 0.15) is 25.6 Å². The van der Waals surface area contributed by atoms with Gasteiger partial charge in [0.25, 0.3) is 0 Å². The predicted octanol–water partition coefficient (Wildman–Crippen LogP) is 2.40. The molecule has 5 heterocycles. The Bertz CT molecular complexity index is 1200. The maximum absolute atomic E-state index is 11.5. The molecule has 0 saturated carbocycles. The Morgan fingerprint density at radius 2 is 2.07 bits per heavy atom. The van der Waals surface area contributed by atoms with Gasteiger partial charge in [-0.05, 0) is 31.9 Å². The van der Waals surface area contributed by atoms with Crippen molar-refractivity contribution >= 4 is 28.5 Å². The number of hydrogen-bond donors (Lipinski definition) is 2. The second-order valence-electron chi connectivity index (χ2n) is 7.48. The number of amides is 1. The highest BCUT2D eigenvalue weighted by molar-refractivity contribution is 5.93. The summed E-state index contributed by atoms with van der Waals surface area (Å²) in [6.07, 6.45) is 7.63. The minimum Gasteiger partial charge on any atom is -0.351 e. The van der Waals surface area contributed by atoms with Gasteiger partial charge in [0.05, 0.1) is 0 Å². The Morgan fingerprint density at radius 3 is 2.86 bits per heavy atom. The maximum atomic E-state index is 11.5. The van der Waals surface area contributed by atoms with Gasteiger partial charge in [0.1, 0.15) is 11.5 Å². The third-order valence-electron chi connectivity index (χ3n) is 5.59. The van der Waals surface area contributed by atoms with Gasteiger partial charge in [-0.3, -0.25) is 9.20 Å². The number of aryl methyl sites for hydroxylation is 1. The molecule has 9 nitrogen and oxygen atoms in total. The zero-order valence-electron chi connectivity index (χ0n) is 16.4. The number of anilines is 1. The van der Waals surface area contributed by atoms with E-state index in [0.717, 1.165) is 59.6 Å². The van der Waals surface area contributed by atoms with Crippen LogP contribution in [0.15, 0.2) is 30.7 Å². The number of carbonyl (C=O) groups is 1. The number of aromatic nitrogens is 6. The molecule has 148 valence electrons. The van der Waals surface area contributed by atoms with Crippen molar-refractivity contribution in [3.8, 4) is 11.1 Å². The SMILES string of the molecule is CC(=O)N1CCC(Nc2ncc3c(-c4ccc5nnc(C)n5c4)c[nH]c3n2)CC1. The normalized spacial score (nSPS) is 15.3. The van der Waals surface area contributed by atoms with E-state index in [-0.39, 0.29) is 11.9 Å². The Hall–Kier alpha value is -3.49. The first-order valence-electron chi connectivity index (χ1n) is 9.76. The van der Waals surface area contributed by atoms with E-state index in [4.69, 9.17) is 0 Å². The lowest BCUT2D eigenvalue weighted by Gasteiger charge is -2.31. The summed E-state index contributed by atoms with van der Waals surface area (Å²) in [5.74, 6) is 1.59. The molecule has 29 heavy (non-hydrogen) atoms. The largest absolute Gasteiger partial charge is 0.351 e. The van der Waals surface area contributed by atoms with Crippen LogP contribution < -0.4 is 5.32 Å². The summed E-state index contributed by atoms with van der Waals surface area (Å²) < 4.78 is 1.97. The molecular weight excluding hydrogens is 368 g/mol. The van der Waals surface area contributed by atoms with Crippen LogP contribution in [0.25, 0.3) is 27.8 Å². The standard InChI is InChI=1S/C20H22N8O/c1-12-25-26-18-4-3-14(11-28(12)18)16-9-21-19-17(16)10-22-20(24-19)23-15-5-7-27(8-6-15)13(2)29/h3-4,9-11,15H,5-8H2,1-2H3,(H2,21,22,23,24). The first kappa shape index (κ1) is 17.6. The van der Waals surface area contributed by atoms with E-state index < -0.39 is 0 Å². The molecule has 0 aliphatic carbocycles. The van der Waals surface area contributed by atoms with Crippen molar-refractivity contribution in [2.75, 3.05) is 18.4 Å². The molecule has 0 unspecified atom stereocenters. The molecule has 1 fully saturated rings. The van der Waals surface area contributed by atoms with E-state index in [9.17, 15) is 4.79 Å². The summed E-state index contributed by atoms with van der Waals surface area (Å²) in [5.41, 5.74) is 3.70. The number of carbonyl (C=O) groups excluding carboxylic acids is 1. The minimum absolute atomic E-state index is 0.139. The van der Waals surface area contributed by atoms with Crippen molar-refractivity contribution in [1.29, 1.82) is 0 Å². The van der Waals surface area contributed by atoms with Crippen LogP contribution in [0.3, 0.4) is 0 Å². The molecule has 0 bridgehead atoms. The summed E-state index contributed by atoms with van der Waals surface area (Å²) in [7, 11) is 0. The number of nitrogens with one attached hydrogen (secondary N) is 2. The second-order valence-corrected chi connectivity index (χ2v) is 7.48. The monoisotopic (exact) mass is 390 g/mol. The molecule has 0 spiro atoms. The van der Waals surface area contributed by atoms with Crippen molar-refractivity contribution in [2.45, 2.75) is 32.7 Å². The average Bonchev–Trinajstić information content (AvgIpc) is 3.31. The van der Waals surface area contributed by atoms with Gasteiger partial charge in [0, 0.05) is 61.2 Å². The zero-order valence-corrected chi connectivity index (χ0v) is 16.4. The van der Waals surface area contributed by atoms with Gasteiger partial charge in [0.2, 0.25) is 11.9 Å². The van der Waals surface area contributed by atoms with Gasteiger partial charge < -0.3 is 15.2 Å².